The Morgan fingerprint density at radius 1 is 1.21 bits per heavy atom. The first-order valence-corrected chi connectivity index (χ1v) is 6.72. The van der Waals surface area contributed by atoms with Gasteiger partial charge in [-0.1, -0.05) is 12.1 Å². The van der Waals surface area contributed by atoms with Gasteiger partial charge in [0.1, 0.15) is 5.03 Å². The number of aromatic amines is 1. The van der Waals surface area contributed by atoms with Gasteiger partial charge in [0.05, 0.1) is 11.0 Å². The number of benzene rings is 1. The van der Waals surface area contributed by atoms with Gasteiger partial charge in [-0.15, -0.1) is 0 Å². The number of hydrogen-bond donors (Lipinski definition) is 2. The fourth-order valence-corrected chi connectivity index (χ4v) is 2.55. The summed E-state index contributed by atoms with van der Waals surface area (Å²) < 4.78 is 0. The molecule has 0 aliphatic heterocycles. The molecule has 0 atom stereocenters. The van der Waals surface area contributed by atoms with E-state index in [1.807, 2.05) is 37.4 Å². The molecule has 96 valence electrons. The molecule has 0 fully saturated rings. The van der Waals surface area contributed by atoms with Crippen molar-refractivity contribution in [2.24, 2.45) is 0 Å². The molecule has 6 heteroatoms. The van der Waals surface area contributed by atoms with Gasteiger partial charge in [-0.25, -0.2) is 15.0 Å². The van der Waals surface area contributed by atoms with Gasteiger partial charge < -0.3 is 10.3 Å². The Hall–Kier alpha value is -2.08. The maximum Gasteiger partial charge on any atom is 0.223 e. The fraction of sp³-hybridized carbons (Fsp3) is 0.154. The molecule has 19 heavy (non-hydrogen) atoms. The third-order valence-corrected chi connectivity index (χ3v) is 3.70. The molecule has 0 spiro atoms. The van der Waals surface area contributed by atoms with E-state index in [0.717, 1.165) is 26.8 Å². The normalized spacial score (nSPS) is 10.8. The molecular formula is C13H13N5S. The molecule has 0 bridgehead atoms. The van der Waals surface area contributed by atoms with Crippen LogP contribution in [0.5, 0.6) is 0 Å². The number of imidazole rings is 1. The quantitative estimate of drug-likeness (QED) is 0.717. The highest BCUT2D eigenvalue weighted by Gasteiger charge is 2.09. The second kappa shape index (κ2) is 4.89. The summed E-state index contributed by atoms with van der Waals surface area (Å²) in [5.41, 5.74) is 3.03. The van der Waals surface area contributed by atoms with Crippen LogP contribution in [0.3, 0.4) is 0 Å². The SMILES string of the molecule is CNc1ncc(C)c(Sc2nc3ccccc3[nH]2)n1. The van der Waals surface area contributed by atoms with Gasteiger partial charge in [0, 0.05) is 18.8 Å². The summed E-state index contributed by atoms with van der Waals surface area (Å²) in [5, 5.41) is 4.68. The standard InChI is InChI=1S/C13H13N5S/c1-8-7-15-12(14-2)18-11(8)19-13-16-9-5-3-4-6-10(9)17-13/h3-7H,1-2H3,(H,16,17)(H,14,15,18). The van der Waals surface area contributed by atoms with Crippen molar-refractivity contribution in [2.75, 3.05) is 12.4 Å². The number of nitrogens with zero attached hydrogens (tertiary/aromatic N) is 3. The zero-order valence-electron chi connectivity index (χ0n) is 10.6. The van der Waals surface area contributed by atoms with E-state index in [4.69, 9.17) is 0 Å². The third-order valence-electron chi connectivity index (χ3n) is 2.71. The van der Waals surface area contributed by atoms with E-state index in [0.29, 0.717) is 5.95 Å². The lowest BCUT2D eigenvalue weighted by Crippen LogP contribution is -1.98. The van der Waals surface area contributed by atoms with Crippen molar-refractivity contribution in [1.29, 1.82) is 0 Å². The lowest BCUT2D eigenvalue weighted by Gasteiger charge is -2.04. The molecule has 0 saturated carbocycles. The van der Waals surface area contributed by atoms with Crippen LogP contribution in [-0.2, 0) is 0 Å². The van der Waals surface area contributed by atoms with E-state index >= 15 is 0 Å². The number of H-pyrrole nitrogens is 1. The first-order chi connectivity index (χ1) is 9.26. The zero-order chi connectivity index (χ0) is 13.2. The van der Waals surface area contributed by atoms with Crippen LogP contribution in [0.2, 0.25) is 0 Å². The number of anilines is 1. The molecule has 0 saturated heterocycles. The largest absolute Gasteiger partial charge is 0.357 e. The van der Waals surface area contributed by atoms with Crippen molar-refractivity contribution in [2.45, 2.75) is 17.1 Å². The minimum Gasteiger partial charge on any atom is -0.357 e. The molecule has 0 radical (unpaired) electrons. The molecule has 0 unspecified atom stereocenters. The average Bonchev–Trinajstić information content (AvgIpc) is 2.83. The summed E-state index contributed by atoms with van der Waals surface area (Å²) >= 11 is 1.51. The molecule has 5 nitrogen and oxygen atoms in total. The minimum absolute atomic E-state index is 0.615. The maximum absolute atomic E-state index is 4.53. The highest BCUT2D eigenvalue weighted by molar-refractivity contribution is 7.99. The Bertz CT molecular complexity index is 689. The Kier molecular flexibility index (Phi) is 3.08. The molecule has 2 aromatic heterocycles. The van der Waals surface area contributed by atoms with E-state index in [-0.39, 0.29) is 0 Å². The van der Waals surface area contributed by atoms with Crippen molar-refractivity contribution in [1.82, 2.24) is 19.9 Å². The highest BCUT2D eigenvalue weighted by atomic mass is 32.2. The van der Waals surface area contributed by atoms with Gasteiger partial charge in [-0.2, -0.15) is 0 Å². The first-order valence-electron chi connectivity index (χ1n) is 5.90. The molecule has 2 N–H and O–H groups in total. The minimum atomic E-state index is 0.615. The highest BCUT2D eigenvalue weighted by Crippen LogP contribution is 2.28. The monoisotopic (exact) mass is 271 g/mol. The number of hydrogen-bond acceptors (Lipinski definition) is 5. The van der Waals surface area contributed by atoms with Gasteiger partial charge in [-0.3, -0.25) is 0 Å². The van der Waals surface area contributed by atoms with Gasteiger partial charge >= 0.3 is 0 Å². The van der Waals surface area contributed by atoms with Crippen molar-refractivity contribution >= 4 is 28.7 Å². The van der Waals surface area contributed by atoms with Crippen molar-refractivity contribution in [3.63, 3.8) is 0 Å². The molecule has 3 rings (SSSR count). The molecule has 3 aromatic rings. The Morgan fingerprint density at radius 2 is 2.05 bits per heavy atom. The molecule has 0 aliphatic rings. The molecule has 0 amide bonds. The summed E-state index contributed by atoms with van der Waals surface area (Å²) in [6, 6.07) is 7.97. The Balaban J connectivity index is 1.96. The van der Waals surface area contributed by atoms with Crippen LogP contribution in [0.4, 0.5) is 5.95 Å². The number of aromatic nitrogens is 4. The van der Waals surface area contributed by atoms with E-state index < -0.39 is 0 Å². The van der Waals surface area contributed by atoms with Crippen LogP contribution in [-0.4, -0.2) is 27.0 Å². The number of para-hydroxylation sites is 2. The van der Waals surface area contributed by atoms with Gasteiger partial charge in [0.25, 0.3) is 0 Å². The number of fused-ring (bicyclic) bond motifs is 1. The topological polar surface area (TPSA) is 66.5 Å². The zero-order valence-corrected chi connectivity index (χ0v) is 11.5. The van der Waals surface area contributed by atoms with Gasteiger partial charge in [0.15, 0.2) is 5.16 Å². The summed E-state index contributed by atoms with van der Waals surface area (Å²) in [5.74, 6) is 0.615. The van der Waals surface area contributed by atoms with E-state index in [2.05, 4.69) is 25.3 Å². The fourth-order valence-electron chi connectivity index (χ4n) is 1.72. The second-order valence-corrected chi connectivity index (χ2v) is 5.07. The number of aryl methyl sites for hydroxylation is 1. The van der Waals surface area contributed by atoms with E-state index in [9.17, 15) is 0 Å². The smallest absolute Gasteiger partial charge is 0.223 e. The number of nitrogens with one attached hydrogen (secondary N) is 2. The Morgan fingerprint density at radius 3 is 2.84 bits per heavy atom. The van der Waals surface area contributed by atoms with Crippen molar-refractivity contribution in [3.05, 3.63) is 36.0 Å². The lowest BCUT2D eigenvalue weighted by atomic mass is 10.3. The summed E-state index contributed by atoms with van der Waals surface area (Å²) in [6.45, 7) is 1.99. The first kappa shape index (κ1) is 12.0. The third kappa shape index (κ3) is 2.39. The molecule has 1 aromatic carbocycles. The predicted octanol–water partition coefficient (Wildman–Crippen LogP) is 2.85. The van der Waals surface area contributed by atoms with Crippen LogP contribution >= 0.6 is 11.8 Å². The average molecular weight is 271 g/mol. The van der Waals surface area contributed by atoms with Gasteiger partial charge in [0.2, 0.25) is 5.95 Å². The van der Waals surface area contributed by atoms with Crippen LogP contribution in [0.15, 0.2) is 40.6 Å². The molecule has 2 heterocycles. The van der Waals surface area contributed by atoms with Crippen LogP contribution in [0.25, 0.3) is 11.0 Å². The van der Waals surface area contributed by atoms with E-state index in [1.54, 1.807) is 7.05 Å². The summed E-state index contributed by atoms with van der Waals surface area (Å²) in [4.78, 5) is 16.4. The lowest BCUT2D eigenvalue weighted by molar-refractivity contribution is 0.990. The Labute approximate surface area is 114 Å². The van der Waals surface area contributed by atoms with Crippen molar-refractivity contribution in [3.8, 4) is 0 Å². The van der Waals surface area contributed by atoms with E-state index in [1.165, 1.54) is 11.8 Å². The maximum atomic E-state index is 4.53. The molecular weight excluding hydrogens is 258 g/mol. The summed E-state index contributed by atoms with van der Waals surface area (Å²) in [6.07, 6.45) is 1.81. The van der Waals surface area contributed by atoms with Crippen LogP contribution in [0.1, 0.15) is 5.56 Å². The van der Waals surface area contributed by atoms with Gasteiger partial charge in [-0.05, 0) is 30.8 Å². The predicted molar refractivity (Wildman–Crippen MR) is 76.5 cm³/mol. The number of rotatable bonds is 3. The van der Waals surface area contributed by atoms with Crippen LogP contribution < -0.4 is 5.32 Å². The molecule has 0 aliphatic carbocycles. The summed E-state index contributed by atoms with van der Waals surface area (Å²) in [7, 11) is 1.81. The van der Waals surface area contributed by atoms with Crippen LogP contribution in [0, 0.1) is 6.92 Å². The van der Waals surface area contributed by atoms with Crippen molar-refractivity contribution < 1.29 is 0 Å². The second-order valence-electron chi connectivity index (χ2n) is 4.09.